The van der Waals surface area contributed by atoms with E-state index in [-0.39, 0.29) is 5.63 Å². The molecule has 4 aromatic rings. The first kappa shape index (κ1) is 16.3. The van der Waals surface area contributed by atoms with Gasteiger partial charge in [-0.1, -0.05) is 36.4 Å². The van der Waals surface area contributed by atoms with E-state index in [4.69, 9.17) is 9.15 Å². The predicted molar refractivity (Wildman–Crippen MR) is 102 cm³/mol. The number of carbonyl (C=O) groups is 1. The fourth-order valence-corrected chi connectivity index (χ4v) is 3.48. The Balaban J connectivity index is 1.80. The molecule has 0 bridgehead atoms. The Hall–Kier alpha value is -3.18. The van der Waals surface area contributed by atoms with Gasteiger partial charge in [0, 0.05) is 5.39 Å². The molecule has 5 heteroatoms. The van der Waals surface area contributed by atoms with Crippen molar-refractivity contribution < 1.29 is 13.9 Å². The van der Waals surface area contributed by atoms with E-state index in [1.165, 1.54) is 11.3 Å². The van der Waals surface area contributed by atoms with Crippen molar-refractivity contribution in [1.82, 2.24) is 0 Å². The summed E-state index contributed by atoms with van der Waals surface area (Å²) in [7, 11) is 0. The second kappa shape index (κ2) is 6.61. The summed E-state index contributed by atoms with van der Waals surface area (Å²) in [5, 5.41) is 2.56. The molecule has 2 aromatic carbocycles. The summed E-state index contributed by atoms with van der Waals surface area (Å²) in [6, 6.07) is 17.9. The highest BCUT2D eigenvalue weighted by Gasteiger charge is 2.15. The van der Waals surface area contributed by atoms with Crippen LogP contribution in [0, 0.1) is 6.92 Å². The van der Waals surface area contributed by atoms with E-state index in [0.717, 1.165) is 16.5 Å². The van der Waals surface area contributed by atoms with Gasteiger partial charge in [0.25, 0.3) is 0 Å². The first-order chi connectivity index (χ1) is 12.6. The molecule has 0 atom stereocenters. The Kier molecular flexibility index (Phi) is 4.14. The summed E-state index contributed by atoms with van der Waals surface area (Å²) < 4.78 is 10.9. The molecule has 0 amide bonds. The summed E-state index contributed by atoms with van der Waals surface area (Å²) in [5.74, 6) is 0.00419. The zero-order valence-electron chi connectivity index (χ0n) is 13.9. The molecule has 0 saturated carbocycles. The minimum absolute atomic E-state index is 0.385. The van der Waals surface area contributed by atoms with Crippen molar-refractivity contribution >= 4 is 28.3 Å². The normalized spacial score (nSPS) is 10.8. The van der Waals surface area contributed by atoms with Crippen molar-refractivity contribution in [2.45, 2.75) is 6.92 Å². The third-order valence-electron chi connectivity index (χ3n) is 4.13. The Bertz CT molecular complexity index is 1140. The number of carbonyl (C=O) groups excluding carboxylic acids is 1. The maximum atomic E-state index is 12.4. The summed E-state index contributed by atoms with van der Waals surface area (Å²) in [5.41, 5.74) is 2.17. The topological polar surface area (TPSA) is 56.5 Å². The van der Waals surface area contributed by atoms with Gasteiger partial charge in [-0.15, -0.1) is 11.3 Å². The van der Waals surface area contributed by atoms with E-state index in [1.54, 1.807) is 30.3 Å². The van der Waals surface area contributed by atoms with Gasteiger partial charge in [0.15, 0.2) is 0 Å². The number of benzene rings is 2. The van der Waals surface area contributed by atoms with Crippen LogP contribution in [0.4, 0.5) is 0 Å². The van der Waals surface area contributed by atoms with Crippen LogP contribution in [0.25, 0.3) is 22.1 Å². The van der Waals surface area contributed by atoms with Gasteiger partial charge in [-0.3, -0.25) is 0 Å². The van der Waals surface area contributed by atoms with Crippen molar-refractivity contribution in [3.63, 3.8) is 0 Å². The van der Waals surface area contributed by atoms with E-state index in [2.05, 4.69) is 0 Å². The highest BCUT2D eigenvalue weighted by molar-refractivity contribution is 7.12. The monoisotopic (exact) mass is 362 g/mol. The summed E-state index contributed by atoms with van der Waals surface area (Å²) in [4.78, 5) is 25.1. The van der Waals surface area contributed by atoms with Crippen LogP contribution in [0.5, 0.6) is 5.75 Å². The average Bonchev–Trinajstić information content (AvgIpc) is 3.18. The lowest BCUT2D eigenvalue weighted by Gasteiger charge is -2.09. The minimum atomic E-state index is -0.405. The first-order valence-corrected chi connectivity index (χ1v) is 8.90. The van der Waals surface area contributed by atoms with Crippen LogP contribution < -0.4 is 10.4 Å². The Labute approximate surface area is 153 Å². The van der Waals surface area contributed by atoms with Gasteiger partial charge in [-0.2, -0.15) is 0 Å². The molecule has 0 aliphatic rings. The fraction of sp³-hybridized carbons (Fsp3) is 0.0476. The molecule has 0 aliphatic carbocycles. The Morgan fingerprint density at radius 2 is 1.85 bits per heavy atom. The SMILES string of the molecule is Cc1c(-c2ccccc2)c(=O)oc2ccc(OC(=O)c3cccs3)cc12. The first-order valence-electron chi connectivity index (χ1n) is 8.02. The number of thiophene rings is 1. The van der Waals surface area contributed by atoms with Crippen molar-refractivity contribution in [2.24, 2.45) is 0 Å². The van der Waals surface area contributed by atoms with Crippen molar-refractivity contribution in [1.29, 1.82) is 0 Å². The van der Waals surface area contributed by atoms with Gasteiger partial charge in [0.1, 0.15) is 16.2 Å². The number of hydrogen-bond acceptors (Lipinski definition) is 5. The molecule has 4 rings (SSSR count). The van der Waals surface area contributed by atoms with E-state index in [9.17, 15) is 9.59 Å². The van der Waals surface area contributed by atoms with Gasteiger partial charge in [-0.25, -0.2) is 9.59 Å². The van der Waals surface area contributed by atoms with Crippen LogP contribution in [0.1, 0.15) is 15.2 Å². The molecule has 2 heterocycles. The molecule has 4 nitrogen and oxygen atoms in total. The molecule has 0 radical (unpaired) electrons. The molecule has 0 aliphatic heterocycles. The number of esters is 1. The third-order valence-corrected chi connectivity index (χ3v) is 4.98. The smallest absolute Gasteiger partial charge is 0.353 e. The largest absolute Gasteiger partial charge is 0.422 e. The highest BCUT2D eigenvalue weighted by Crippen LogP contribution is 2.29. The number of rotatable bonds is 3. The summed E-state index contributed by atoms with van der Waals surface area (Å²) in [6.07, 6.45) is 0. The number of ether oxygens (including phenoxy) is 1. The van der Waals surface area contributed by atoms with E-state index < -0.39 is 5.97 Å². The van der Waals surface area contributed by atoms with Crippen molar-refractivity contribution in [3.05, 3.63) is 86.9 Å². The molecule has 0 N–H and O–H groups in total. The zero-order chi connectivity index (χ0) is 18.1. The lowest BCUT2D eigenvalue weighted by Crippen LogP contribution is -2.08. The maximum absolute atomic E-state index is 12.4. The lowest BCUT2D eigenvalue weighted by atomic mass is 9.99. The van der Waals surface area contributed by atoms with Crippen LogP contribution in [-0.4, -0.2) is 5.97 Å². The number of fused-ring (bicyclic) bond motifs is 1. The van der Waals surface area contributed by atoms with E-state index in [0.29, 0.717) is 21.8 Å². The van der Waals surface area contributed by atoms with Crippen LogP contribution >= 0.6 is 11.3 Å². The van der Waals surface area contributed by atoms with Crippen LogP contribution in [0.3, 0.4) is 0 Å². The summed E-state index contributed by atoms with van der Waals surface area (Å²) in [6.45, 7) is 1.87. The van der Waals surface area contributed by atoms with Crippen LogP contribution in [0.15, 0.2) is 75.3 Å². The standard InChI is InChI=1S/C21H14O4S/c1-13-16-12-15(24-20(22)18-8-5-11-26-18)9-10-17(16)25-21(23)19(13)14-6-3-2-4-7-14/h2-12H,1H3. The third kappa shape index (κ3) is 2.93. The van der Waals surface area contributed by atoms with Gasteiger partial charge >= 0.3 is 11.6 Å². The van der Waals surface area contributed by atoms with Gasteiger partial charge in [0.05, 0.1) is 5.56 Å². The second-order valence-electron chi connectivity index (χ2n) is 5.78. The quantitative estimate of drug-likeness (QED) is 0.291. The second-order valence-corrected chi connectivity index (χ2v) is 6.73. The predicted octanol–water partition coefficient (Wildman–Crippen LogP) is 5.05. The van der Waals surface area contributed by atoms with E-state index in [1.807, 2.05) is 42.6 Å². The summed E-state index contributed by atoms with van der Waals surface area (Å²) >= 11 is 1.32. The average molecular weight is 362 g/mol. The molecule has 0 saturated heterocycles. The zero-order valence-corrected chi connectivity index (χ0v) is 14.7. The van der Waals surface area contributed by atoms with Gasteiger partial charge in [-0.05, 0) is 47.7 Å². The minimum Gasteiger partial charge on any atom is -0.422 e. The molecule has 2 aromatic heterocycles. The highest BCUT2D eigenvalue weighted by atomic mass is 32.1. The molecule has 26 heavy (non-hydrogen) atoms. The van der Waals surface area contributed by atoms with Gasteiger partial charge < -0.3 is 9.15 Å². The molecule has 0 fully saturated rings. The van der Waals surface area contributed by atoms with Crippen LogP contribution in [0.2, 0.25) is 0 Å². The van der Waals surface area contributed by atoms with Crippen LogP contribution in [-0.2, 0) is 0 Å². The molecular weight excluding hydrogens is 348 g/mol. The van der Waals surface area contributed by atoms with Crippen molar-refractivity contribution in [3.8, 4) is 16.9 Å². The fourth-order valence-electron chi connectivity index (χ4n) is 2.88. The number of hydrogen-bond donors (Lipinski definition) is 0. The Morgan fingerprint density at radius 1 is 1.04 bits per heavy atom. The molecular formula is C21H14O4S. The molecule has 0 unspecified atom stereocenters. The Morgan fingerprint density at radius 3 is 2.58 bits per heavy atom. The van der Waals surface area contributed by atoms with Crippen molar-refractivity contribution in [2.75, 3.05) is 0 Å². The number of aryl methyl sites for hydroxylation is 1. The molecule has 128 valence electrons. The maximum Gasteiger partial charge on any atom is 0.353 e. The van der Waals surface area contributed by atoms with Gasteiger partial charge in [0.2, 0.25) is 0 Å². The van der Waals surface area contributed by atoms with E-state index >= 15 is 0 Å². The molecule has 0 spiro atoms. The lowest BCUT2D eigenvalue weighted by molar-refractivity contribution is 0.0740.